The van der Waals surface area contributed by atoms with E-state index in [1.807, 2.05) is 36.4 Å². The van der Waals surface area contributed by atoms with Gasteiger partial charge in [-0.25, -0.2) is 0 Å². The van der Waals surface area contributed by atoms with E-state index in [0.29, 0.717) is 5.69 Å². The third-order valence-corrected chi connectivity index (χ3v) is 3.10. The summed E-state index contributed by atoms with van der Waals surface area (Å²) in [6, 6.07) is 16.1. The number of hydrogen-bond acceptors (Lipinski definition) is 3. The molecule has 0 amide bonds. The van der Waals surface area contributed by atoms with Gasteiger partial charge in [-0.2, -0.15) is 0 Å². The second kappa shape index (κ2) is 4.61. The van der Waals surface area contributed by atoms with Crippen LogP contribution in [0.25, 0.3) is 10.9 Å². The number of nitrogens with one attached hydrogen (secondary N) is 1. The second-order valence-corrected chi connectivity index (χ2v) is 4.60. The number of nitrogens with two attached hydrogens (primary N) is 1. The van der Waals surface area contributed by atoms with Crippen LogP contribution in [-0.4, -0.2) is 4.98 Å². The van der Waals surface area contributed by atoms with E-state index >= 15 is 0 Å². The lowest BCUT2D eigenvalue weighted by Crippen LogP contribution is -1.95. The zero-order chi connectivity index (χ0) is 13.2. The van der Waals surface area contributed by atoms with Crippen LogP contribution in [0.1, 0.15) is 5.56 Å². The minimum Gasteiger partial charge on any atom is -0.397 e. The van der Waals surface area contributed by atoms with Gasteiger partial charge >= 0.3 is 0 Å². The lowest BCUT2D eigenvalue weighted by atomic mass is 10.1. The highest BCUT2D eigenvalue weighted by molar-refractivity contribution is 5.99. The summed E-state index contributed by atoms with van der Waals surface area (Å²) in [7, 11) is 0. The van der Waals surface area contributed by atoms with Crippen molar-refractivity contribution in [1.29, 1.82) is 0 Å². The van der Waals surface area contributed by atoms with Gasteiger partial charge in [-0.1, -0.05) is 12.1 Å². The SMILES string of the molecule is Cc1cccc(Nc2ccc(N)c3ncccc23)c1. The van der Waals surface area contributed by atoms with E-state index in [2.05, 4.69) is 29.4 Å². The maximum atomic E-state index is 5.95. The fraction of sp³-hybridized carbons (Fsp3) is 0.0625. The van der Waals surface area contributed by atoms with Crippen LogP contribution >= 0.6 is 0 Å². The third kappa shape index (κ3) is 2.22. The van der Waals surface area contributed by atoms with Crippen LogP contribution in [0, 0.1) is 6.92 Å². The van der Waals surface area contributed by atoms with Gasteiger partial charge in [0, 0.05) is 23.0 Å². The summed E-state index contributed by atoms with van der Waals surface area (Å²) in [4.78, 5) is 4.34. The first-order chi connectivity index (χ1) is 9.24. The molecule has 0 radical (unpaired) electrons. The van der Waals surface area contributed by atoms with Gasteiger partial charge in [-0.3, -0.25) is 4.98 Å². The number of aryl methyl sites for hydroxylation is 1. The monoisotopic (exact) mass is 249 g/mol. The molecule has 1 heterocycles. The minimum absolute atomic E-state index is 0.699. The molecular weight excluding hydrogens is 234 g/mol. The van der Waals surface area contributed by atoms with Crippen LogP contribution in [0.4, 0.5) is 17.1 Å². The molecule has 19 heavy (non-hydrogen) atoms. The number of pyridine rings is 1. The van der Waals surface area contributed by atoms with E-state index < -0.39 is 0 Å². The fourth-order valence-corrected chi connectivity index (χ4v) is 2.18. The van der Waals surface area contributed by atoms with E-state index in [1.165, 1.54) is 5.56 Å². The van der Waals surface area contributed by atoms with Gasteiger partial charge in [0.05, 0.1) is 11.2 Å². The molecule has 0 saturated heterocycles. The standard InChI is InChI=1S/C16H15N3/c1-11-4-2-5-12(10-11)19-15-8-7-14(17)16-13(15)6-3-9-18-16/h2-10,19H,17H2,1H3. The second-order valence-electron chi connectivity index (χ2n) is 4.60. The van der Waals surface area contributed by atoms with Gasteiger partial charge in [-0.15, -0.1) is 0 Å². The predicted octanol–water partition coefficient (Wildman–Crippen LogP) is 3.87. The molecule has 0 spiro atoms. The van der Waals surface area contributed by atoms with Crippen molar-refractivity contribution in [3.63, 3.8) is 0 Å². The molecule has 94 valence electrons. The summed E-state index contributed by atoms with van der Waals surface area (Å²) in [5, 5.41) is 4.45. The highest BCUT2D eigenvalue weighted by Gasteiger charge is 2.05. The van der Waals surface area contributed by atoms with Gasteiger partial charge in [0.1, 0.15) is 0 Å². The molecule has 0 atom stereocenters. The Balaban J connectivity index is 2.09. The van der Waals surface area contributed by atoms with Crippen LogP contribution in [0.15, 0.2) is 54.7 Å². The topological polar surface area (TPSA) is 50.9 Å². The molecule has 0 bridgehead atoms. The van der Waals surface area contributed by atoms with E-state index in [-0.39, 0.29) is 0 Å². The Hall–Kier alpha value is -2.55. The molecular formula is C16H15N3. The van der Waals surface area contributed by atoms with E-state index in [9.17, 15) is 0 Å². The first-order valence-corrected chi connectivity index (χ1v) is 6.21. The molecule has 0 aliphatic heterocycles. The number of nitrogens with zero attached hydrogens (tertiary/aromatic N) is 1. The average molecular weight is 249 g/mol. The van der Waals surface area contributed by atoms with Crippen LogP contribution in [0.2, 0.25) is 0 Å². The molecule has 3 heteroatoms. The Morgan fingerprint density at radius 1 is 1.05 bits per heavy atom. The Kier molecular flexibility index (Phi) is 2.80. The molecule has 0 aliphatic rings. The number of aromatic nitrogens is 1. The number of anilines is 3. The predicted molar refractivity (Wildman–Crippen MR) is 80.6 cm³/mol. The smallest absolute Gasteiger partial charge is 0.0951 e. The summed E-state index contributed by atoms with van der Waals surface area (Å²) in [5.41, 5.74) is 10.8. The molecule has 0 aliphatic carbocycles. The first kappa shape index (κ1) is 11.5. The highest BCUT2D eigenvalue weighted by atomic mass is 14.9. The Bertz CT molecular complexity index is 735. The number of benzene rings is 2. The summed E-state index contributed by atoms with van der Waals surface area (Å²) in [6.07, 6.45) is 1.76. The van der Waals surface area contributed by atoms with Crippen molar-refractivity contribution in [2.75, 3.05) is 11.1 Å². The lowest BCUT2D eigenvalue weighted by Gasteiger charge is -2.11. The molecule has 3 rings (SSSR count). The Morgan fingerprint density at radius 2 is 1.95 bits per heavy atom. The lowest BCUT2D eigenvalue weighted by molar-refractivity contribution is 1.41. The van der Waals surface area contributed by atoms with Crippen molar-refractivity contribution >= 4 is 28.0 Å². The Morgan fingerprint density at radius 3 is 2.79 bits per heavy atom. The number of fused-ring (bicyclic) bond motifs is 1. The average Bonchev–Trinajstić information content (AvgIpc) is 2.42. The largest absolute Gasteiger partial charge is 0.397 e. The first-order valence-electron chi connectivity index (χ1n) is 6.21. The summed E-state index contributed by atoms with van der Waals surface area (Å²) in [5.74, 6) is 0. The van der Waals surface area contributed by atoms with Crippen molar-refractivity contribution in [1.82, 2.24) is 4.98 Å². The van der Waals surface area contributed by atoms with Crippen molar-refractivity contribution in [3.05, 3.63) is 60.3 Å². The summed E-state index contributed by atoms with van der Waals surface area (Å²) in [6.45, 7) is 2.08. The molecule has 0 fully saturated rings. The van der Waals surface area contributed by atoms with Gasteiger partial charge in [0.2, 0.25) is 0 Å². The summed E-state index contributed by atoms with van der Waals surface area (Å²) >= 11 is 0. The number of rotatable bonds is 2. The minimum atomic E-state index is 0.699. The van der Waals surface area contributed by atoms with Crippen LogP contribution in [0.3, 0.4) is 0 Å². The van der Waals surface area contributed by atoms with E-state index in [0.717, 1.165) is 22.3 Å². The van der Waals surface area contributed by atoms with E-state index in [4.69, 9.17) is 5.73 Å². The quantitative estimate of drug-likeness (QED) is 0.678. The van der Waals surface area contributed by atoms with Crippen molar-refractivity contribution < 1.29 is 0 Å². The van der Waals surface area contributed by atoms with Crippen molar-refractivity contribution in [3.8, 4) is 0 Å². The van der Waals surface area contributed by atoms with Gasteiger partial charge in [0.15, 0.2) is 0 Å². The van der Waals surface area contributed by atoms with Crippen LogP contribution in [-0.2, 0) is 0 Å². The van der Waals surface area contributed by atoms with Crippen molar-refractivity contribution in [2.24, 2.45) is 0 Å². The zero-order valence-corrected chi connectivity index (χ0v) is 10.7. The number of nitrogen functional groups attached to an aromatic ring is 1. The van der Waals surface area contributed by atoms with Crippen LogP contribution < -0.4 is 11.1 Å². The van der Waals surface area contributed by atoms with Gasteiger partial charge in [-0.05, 0) is 48.9 Å². The van der Waals surface area contributed by atoms with Gasteiger partial charge < -0.3 is 11.1 Å². The maximum absolute atomic E-state index is 5.95. The molecule has 0 unspecified atom stereocenters. The molecule has 3 aromatic rings. The molecule has 3 nitrogen and oxygen atoms in total. The maximum Gasteiger partial charge on any atom is 0.0951 e. The zero-order valence-electron chi connectivity index (χ0n) is 10.7. The van der Waals surface area contributed by atoms with Crippen molar-refractivity contribution in [2.45, 2.75) is 6.92 Å². The molecule has 3 N–H and O–H groups in total. The molecule has 1 aromatic heterocycles. The molecule has 0 saturated carbocycles. The molecule has 2 aromatic carbocycles. The number of hydrogen-bond donors (Lipinski definition) is 2. The highest BCUT2D eigenvalue weighted by Crippen LogP contribution is 2.28. The normalized spacial score (nSPS) is 10.6. The van der Waals surface area contributed by atoms with Crippen LogP contribution in [0.5, 0.6) is 0 Å². The van der Waals surface area contributed by atoms with E-state index in [1.54, 1.807) is 6.20 Å². The fourth-order valence-electron chi connectivity index (χ4n) is 2.18. The van der Waals surface area contributed by atoms with Gasteiger partial charge in [0.25, 0.3) is 0 Å². The summed E-state index contributed by atoms with van der Waals surface area (Å²) < 4.78 is 0. The third-order valence-electron chi connectivity index (χ3n) is 3.10. The Labute approximate surface area is 112 Å².